The molecular formula is C13H15ClN2O2. The minimum absolute atomic E-state index is 0.272. The molecule has 1 amide bonds. The molecule has 1 N–H and O–H groups in total. The van der Waals surface area contributed by atoms with Crippen LogP contribution in [0.5, 0.6) is 5.75 Å². The second-order valence-corrected chi connectivity index (χ2v) is 4.96. The van der Waals surface area contributed by atoms with E-state index in [1.165, 1.54) is 7.11 Å². The van der Waals surface area contributed by atoms with Gasteiger partial charge in [0, 0.05) is 11.6 Å². The van der Waals surface area contributed by atoms with Crippen LogP contribution in [-0.2, 0) is 0 Å². The number of benzene rings is 1. The number of ether oxygens (including phenoxy) is 1. The van der Waals surface area contributed by atoms with Gasteiger partial charge in [0.2, 0.25) is 0 Å². The zero-order valence-corrected chi connectivity index (χ0v) is 11.3. The van der Waals surface area contributed by atoms with Crippen LogP contribution in [0.2, 0.25) is 5.02 Å². The predicted molar refractivity (Wildman–Crippen MR) is 69.7 cm³/mol. The number of rotatable bonds is 4. The van der Waals surface area contributed by atoms with Gasteiger partial charge in [0.25, 0.3) is 5.91 Å². The van der Waals surface area contributed by atoms with E-state index in [2.05, 4.69) is 11.4 Å². The molecule has 0 spiro atoms. The summed E-state index contributed by atoms with van der Waals surface area (Å²) >= 11 is 5.82. The minimum Gasteiger partial charge on any atom is -0.496 e. The van der Waals surface area contributed by atoms with E-state index in [1.807, 2.05) is 0 Å². The van der Waals surface area contributed by atoms with E-state index in [0.29, 0.717) is 16.3 Å². The van der Waals surface area contributed by atoms with Crippen LogP contribution >= 0.6 is 11.6 Å². The number of nitrogens with one attached hydrogen (secondary N) is 1. The maximum absolute atomic E-state index is 12.0. The van der Waals surface area contributed by atoms with E-state index in [9.17, 15) is 4.79 Å². The Hall–Kier alpha value is -1.73. The van der Waals surface area contributed by atoms with Crippen LogP contribution in [0.3, 0.4) is 0 Å². The Morgan fingerprint density at radius 1 is 1.56 bits per heavy atom. The second-order valence-electron chi connectivity index (χ2n) is 4.52. The van der Waals surface area contributed by atoms with E-state index in [0.717, 1.165) is 0 Å². The lowest BCUT2D eigenvalue weighted by Crippen LogP contribution is -2.33. The molecule has 18 heavy (non-hydrogen) atoms. The largest absolute Gasteiger partial charge is 0.496 e. The molecule has 0 aliphatic heterocycles. The standard InChI is InChI=1S/C13H15ClN2O2/c1-13(2,7-15)8-16-12(17)10-5-4-9(14)6-11(10)18-3/h4-6H,8H2,1-3H3,(H,16,17). The molecule has 0 radical (unpaired) electrons. The van der Waals surface area contributed by atoms with Gasteiger partial charge >= 0.3 is 0 Å². The lowest BCUT2D eigenvalue weighted by molar-refractivity contribution is 0.0940. The van der Waals surface area contributed by atoms with Crippen LogP contribution in [0, 0.1) is 16.7 Å². The van der Waals surface area contributed by atoms with Gasteiger partial charge in [-0.1, -0.05) is 11.6 Å². The summed E-state index contributed by atoms with van der Waals surface area (Å²) < 4.78 is 5.10. The number of methoxy groups -OCH3 is 1. The number of carbonyl (C=O) groups is 1. The van der Waals surface area contributed by atoms with E-state index >= 15 is 0 Å². The minimum atomic E-state index is -0.602. The van der Waals surface area contributed by atoms with Gasteiger partial charge in [0.15, 0.2) is 0 Å². The fourth-order valence-electron chi connectivity index (χ4n) is 1.29. The molecule has 1 rings (SSSR count). The third kappa shape index (κ3) is 3.64. The summed E-state index contributed by atoms with van der Waals surface area (Å²) in [6.07, 6.45) is 0. The van der Waals surface area contributed by atoms with Crippen molar-refractivity contribution in [1.29, 1.82) is 5.26 Å². The van der Waals surface area contributed by atoms with Gasteiger partial charge in [0.1, 0.15) is 5.75 Å². The van der Waals surface area contributed by atoms with Crippen molar-refractivity contribution in [3.63, 3.8) is 0 Å². The highest BCUT2D eigenvalue weighted by molar-refractivity contribution is 6.30. The third-order valence-corrected chi connectivity index (χ3v) is 2.64. The summed E-state index contributed by atoms with van der Waals surface area (Å²) in [4.78, 5) is 12.0. The van der Waals surface area contributed by atoms with Crippen molar-refractivity contribution in [2.45, 2.75) is 13.8 Å². The zero-order valence-electron chi connectivity index (χ0n) is 10.6. The molecular weight excluding hydrogens is 252 g/mol. The van der Waals surface area contributed by atoms with Crippen molar-refractivity contribution in [3.8, 4) is 11.8 Å². The predicted octanol–water partition coefficient (Wildman–Crippen LogP) is 2.63. The normalized spacial score (nSPS) is 10.6. The van der Waals surface area contributed by atoms with Crippen molar-refractivity contribution >= 4 is 17.5 Å². The lowest BCUT2D eigenvalue weighted by Gasteiger charge is -2.16. The average Bonchev–Trinajstić information content (AvgIpc) is 2.36. The summed E-state index contributed by atoms with van der Waals surface area (Å²) in [7, 11) is 1.47. The quantitative estimate of drug-likeness (QED) is 0.911. The molecule has 0 fully saturated rings. The molecule has 0 heterocycles. The number of halogens is 1. The van der Waals surface area contributed by atoms with Crippen LogP contribution in [0.1, 0.15) is 24.2 Å². The zero-order chi connectivity index (χ0) is 13.8. The molecule has 0 saturated heterocycles. The number of nitriles is 1. The van der Waals surface area contributed by atoms with E-state index < -0.39 is 5.41 Å². The first-order valence-corrected chi connectivity index (χ1v) is 5.80. The molecule has 1 aromatic rings. The molecule has 0 unspecified atom stereocenters. The molecule has 4 nitrogen and oxygen atoms in total. The Morgan fingerprint density at radius 2 is 2.22 bits per heavy atom. The second kappa shape index (κ2) is 5.74. The topological polar surface area (TPSA) is 62.1 Å². The Balaban J connectivity index is 2.83. The van der Waals surface area contributed by atoms with Crippen molar-refractivity contribution in [3.05, 3.63) is 28.8 Å². The Morgan fingerprint density at radius 3 is 2.78 bits per heavy atom. The first kappa shape index (κ1) is 14.3. The van der Waals surface area contributed by atoms with Gasteiger partial charge in [-0.25, -0.2) is 0 Å². The summed E-state index contributed by atoms with van der Waals surface area (Å²) in [5.74, 6) is 0.126. The maximum atomic E-state index is 12.0. The van der Waals surface area contributed by atoms with Crippen molar-refractivity contribution in [2.24, 2.45) is 5.41 Å². The van der Waals surface area contributed by atoms with Gasteiger partial charge < -0.3 is 10.1 Å². The maximum Gasteiger partial charge on any atom is 0.255 e. The van der Waals surface area contributed by atoms with Gasteiger partial charge in [-0.15, -0.1) is 0 Å². The monoisotopic (exact) mass is 266 g/mol. The van der Waals surface area contributed by atoms with E-state index in [1.54, 1.807) is 32.0 Å². The lowest BCUT2D eigenvalue weighted by atomic mass is 9.96. The molecule has 0 aliphatic rings. The summed E-state index contributed by atoms with van der Waals surface area (Å²) in [5, 5.41) is 12.1. The highest BCUT2D eigenvalue weighted by Gasteiger charge is 2.19. The summed E-state index contributed by atoms with van der Waals surface area (Å²) in [5.41, 5.74) is -0.203. The molecule has 1 aromatic carbocycles. The van der Waals surface area contributed by atoms with Crippen molar-refractivity contribution in [2.75, 3.05) is 13.7 Å². The first-order chi connectivity index (χ1) is 8.39. The number of nitrogens with zero attached hydrogens (tertiary/aromatic N) is 1. The number of amides is 1. The number of hydrogen-bond acceptors (Lipinski definition) is 3. The van der Waals surface area contributed by atoms with Crippen LogP contribution in [-0.4, -0.2) is 19.6 Å². The van der Waals surface area contributed by atoms with Crippen molar-refractivity contribution < 1.29 is 9.53 Å². The highest BCUT2D eigenvalue weighted by atomic mass is 35.5. The van der Waals surface area contributed by atoms with E-state index in [4.69, 9.17) is 21.6 Å². The van der Waals surface area contributed by atoms with E-state index in [-0.39, 0.29) is 12.5 Å². The fraction of sp³-hybridized carbons (Fsp3) is 0.385. The molecule has 0 bridgehead atoms. The van der Waals surface area contributed by atoms with Crippen LogP contribution in [0.4, 0.5) is 0 Å². The molecule has 0 aliphatic carbocycles. The van der Waals surface area contributed by atoms with Gasteiger partial charge in [-0.2, -0.15) is 5.26 Å². The van der Waals surface area contributed by atoms with Crippen LogP contribution in [0.25, 0.3) is 0 Å². The van der Waals surface area contributed by atoms with Gasteiger partial charge in [-0.3, -0.25) is 4.79 Å². The highest BCUT2D eigenvalue weighted by Crippen LogP contribution is 2.23. The molecule has 0 aromatic heterocycles. The average molecular weight is 267 g/mol. The first-order valence-electron chi connectivity index (χ1n) is 5.42. The fourth-order valence-corrected chi connectivity index (χ4v) is 1.45. The number of hydrogen-bond donors (Lipinski definition) is 1. The van der Waals surface area contributed by atoms with Crippen LogP contribution in [0.15, 0.2) is 18.2 Å². The summed E-state index contributed by atoms with van der Waals surface area (Å²) in [6, 6.07) is 6.91. The molecule has 96 valence electrons. The van der Waals surface area contributed by atoms with Gasteiger partial charge in [-0.05, 0) is 32.0 Å². The third-order valence-electron chi connectivity index (χ3n) is 2.40. The summed E-state index contributed by atoms with van der Waals surface area (Å²) in [6.45, 7) is 3.78. The molecule has 5 heteroatoms. The van der Waals surface area contributed by atoms with Crippen LogP contribution < -0.4 is 10.1 Å². The SMILES string of the molecule is COc1cc(Cl)ccc1C(=O)NCC(C)(C)C#N. The number of carbonyl (C=O) groups excluding carboxylic acids is 1. The van der Waals surface area contributed by atoms with Crippen molar-refractivity contribution in [1.82, 2.24) is 5.32 Å². The smallest absolute Gasteiger partial charge is 0.255 e. The molecule has 0 saturated carbocycles. The molecule has 0 atom stereocenters. The Kier molecular flexibility index (Phi) is 4.57. The van der Waals surface area contributed by atoms with Gasteiger partial charge in [0.05, 0.1) is 24.2 Å². The Labute approximate surface area is 112 Å². The Bertz CT molecular complexity index is 492.